The van der Waals surface area contributed by atoms with Crippen LogP contribution in [0.25, 0.3) is 0 Å². The normalized spacial score (nSPS) is 19.9. The highest BCUT2D eigenvalue weighted by molar-refractivity contribution is 7.09. The van der Waals surface area contributed by atoms with Gasteiger partial charge in [0.2, 0.25) is 0 Å². The van der Waals surface area contributed by atoms with Gasteiger partial charge in [-0.2, -0.15) is 13.2 Å². The summed E-state index contributed by atoms with van der Waals surface area (Å²) in [5.41, 5.74) is 1.87. The highest BCUT2D eigenvalue weighted by atomic mass is 32.1. The Morgan fingerprint density at radius 1 is 1.03 bits per heavy atom. The van der Waals surface area contributed by atoms with Gasteiger partial charge in [-0.05, 0) is 41.3 Å². The molecule has 0 aliphatic carbocycles. The van der Waals surface area contributed by atoms with Crippen molar-refractivity contribution >= 4 is 23.2 Å². The van der Waals surface area contributed by atoms with Gasteiger partial charge >= 0.3 is 12.1 Å². The maximum Gasteiger partial charge on any atom is 0.490 e. The molecule has 180 valence electrons. The summed E-state index contributed by atoms with van der Waals surface area (Å²) in [6.07, 6.45) is -3.06. The van der Waals surface area contributed by atoms with E-state index in [9.17, 15) is 22.4 Å². The van der Waals surface area contributed by atoms with Crippen molar-refractivity contribution in [1.82, 2.24) is 14.4 Å². The summed E-state index contributed by atoms with van der Waals surface area (Å²) in [6.45, 7) is 3.15. The minimum Gasteiger partial charge on any atom is -0.475 e. The van der Waals surface area contributed by atoms with Gasteiger partial charge in [0.1, 0.15) is 11.5 Å². The van der Waals surface area contributed by atoms with E-state index in [-0.39, 0.29) is 23.8 Å². The zero-order chi connectivity index (χ0) is 24.5. The Hall–Kier alpha value is -3.18. The Balaban J connectivity index is 0.000000344. The van der Waals surface area contributed by atoms with Gasteiger partial charge in [-0.1, -0.05) is 18.2 Å². The van der Waals surface area contributed by atoms with E-state index in [2.05, 4.69) is 20.9 Å². The number of carbonyl (C=O) groups excluding carboxylic acids is 1. The van der Waals surface area contributed by atoms with E-state index in [0.717, 1.165) is 30.9 Å². The summed E-state index contributed by atoms with van der Waals surface area (Å²) in [6, 6.07) is 15.1. The first-order valence-corrected chi connectivity index (χ1v) is 11.3. The highest BCUT2D eigenvalue weighted by Gasteiger charge is 2.44. The van der Waals surface area contributed by atoms with Crippen LogP contribution in [0.1, 0.15) is 27.0 Å². The summed E-state index contributed by atoms with van der Waals surface area (Å²) in [7, 11) is 0. The average Bonchev–Trinajstić information content (AvgIpc) is 3.53. The van der Waals surface area contributed by atoms with Crippen molar-refractivity contribution in [2.45, 2.75) is 31.3 Å². The Morgan fingerprint density at radius 3 is 2.32 bits per heavy atom. The van der Waals surface area contributed by atoms with Crippen molar-refractivity contribution in [3.8, 4) is 0 Å². The summed E-state index contributed by atoms with van der Waals surface area (Å²) in [4.78, 5) is 27.6. The maximum absolute atomic E-state index is 13.2. The number of alkyl halides is 3. The quantitative estimate of drug-likeness (QED) is 0.545. The molecule has 34 heavy (non-hydrogen) atoms. The van der Waals surface area contributed by atoms with Crippen LogP contribution in [-0.2, 0) is 17.9 Å². The van der Waals surface area contributed by atoms with E-state index >= 15 is 0 Å². The van der Waals surface area contributed by atoms with Crippen molar-refractivity contribution in [3.05, 3.63) is 82.1 Å². The smallest absolute Gasteiger partial charge is 0.475 e. The van der Waals surface area contributed by atoms with Crippen LogP contribution in [0.15, 0.2) is 60.1 Å². The number of hydrogen-bond acceptors (Lipinski definition) is 4. The number of amides is 1. The van der Waals surface area contributed by atoms with Crippen LogP contribution in [0.5, 0.6) is 0 Å². The van der Waals surface area contributed by atoms with Crippen LogP contribution in [0, 0.1) is 5.82 Å². The third kappa shape index (κ3) is 5.15. The second kappa shape index (κ2) is 9.59. The molecule has 4 heterocycles. The SMILES string of the molecule is O=C(O)C(F)(F)F.O=C1c2cccn2C2CN(Cc3ccc(F)cc3)CC2N1Cc1cccs1. The summed E-state index contributed by atoms with van der Waals surface area (Å²) in [5, 5.41) is 9.18. The van der Waals surface area contributed by atoms with Gasteiger partial charge in [-0.25, -0.2) is 9.18 Å². The van der Waals surface area contributed by atoms with Crippen LogP contribution in [0.3, 0.4) is 0 Å². The van der Waals surface area contributed by atoms with Gasteiger partial charge < -0.3 is 14.6 Å². The molecule has 1 N–H and O–H groups in total. The maximum atomic E-state index is 13.2. The molecule has 5 rings (SSSR count). The lowest BCUT2D eigenvalue weighted by atomic mass is 10.1. The Morgan fingerprint density at radius 2 is 1.71 bits per heavy atom. The lowest BCUT2D eigenvalue weighted by Crippen LogP contribution is -2.49. The number of halogens is 4. The van der Waals surface area contributed by atoms with Gasteiger partial charge in [-0.3, -0.25) is 9.69 Å². The molecule has 0 saturated carbocycles. The molecular weight excluding hydrogens is 474 g/mol. The molecule has 3 aromatic rings. The van der Waals surface area contributed by atoms with Crippen molar-refractivity contribution in [2.24, 2.45) is 0 Å². The van der Waals surface area contributed by atoms with Gasteiger partial charge in [0.15, 0.2) is 0 Å². The topological polar surface area (TPSA) is 65.8 Å². The molecule has 1 amide bonds. The van der Waals surface area contributed by atoms with E-state index in [1.165, 1.54) is 17.0 Å². The number of carboxylic acids is 1. The molecule has 6 nitrogen and oxygen atoms in total. The predicted molar refractivity (Wildman–Crippen MR) is 117 cm³/mol. The number of thiophene rings is 1. The third-order valence-corrected chi connectivity index (χ3v) is 6.68. The first-order chi connectivity index (χ1) is 16.1. The molecule has 0 bridgehead atoms. The summed E-state index contributed by atoms with van der Waals surface area (Å²) in [5.74, 6) is -2.86. The van der Waals surface area contributed by atoms with Crippen LogP contribution < -0.4 is 0 Å². The molecular formula is C23H21F4N3O3S. The fourth-order valence-corrected chi connectivity index (χ4v) is 5.03. The number of fused-ring (bicyclic) bond motifs is 3. The fourth-order valence-electron chi connectivity index (χ4n) is 4.33. The second-order valence-electron chi connectivity index (χ2n) is 8.07. The van der Waals surface area contributed by atoms with E-state index in [1.54, 1.807) is 11.3 Å². The first-order valence-electron chi connectivity index (χ1n) is 10.4. The molecule has 2 aliphatic rings. The summed E-state index contributed by atoms with van der Waals surface area (Å²) >= 11 is 1.69. The number of benzene rings is 1. The number of likely N-dealkylation sites (tertiary alicyclic amines) is 1. The zero-order valence-corrected chi connectivity index (χ0v) is 18.6. The van der Waals surface area contributed by atoms with Crippen molar-refractivity contribution in [3.63, 3.8) is 0 Å². The molecule has 0 spiro atoms. The van der Waals surface area contributed by atoms with E-state index < -0.39 is 12.1 Å². The number of hydrogen-bond donors (Lipinski definition) is 1. The standard InChI is InChI=1S/C21H20FN3OS.C2HF3O2/c22-16-7-5-15(6-8-16)11-23-13-19-20(14-23)25(12-17-3-2-10-27-17)21(26)18-4-1-9-24(18)19;3-2(4,5)1(6)7/h1-10,19-20H,11-14H2;(H,6,7). The van der Waals surface area contributed by atoms with Crippen molar-refractivity contribution in [2.75, 3.05) is 13.1 Å². The van der Waals surface area contributed by atoms with Crippen LogP contribution >= 0.6 is 11.3 Å². The number of aliphatic carboxylic acids is 1. The predicted octanol–water partition coefficient (Wildman–Crippen LogP) is 4.40. The number of nitrogens with zero attached hydrogens (tertiary/aromatic N) is 3. The van der Waals surface area contributed by atoms with E-state index in [1.807, 2.05) is 41.4 Å². The van der Waals surface area contributed by atoms with Crippen LogP contribution in [0.4, 0.5) is 17.6 Å². The van der Waals surface area contributed by atoms with Crippen LogP contribution in [-0.4, -0.2) is 56.7 Å². The molecule has 1 fully saturated rings. The van der Waals surface area contributed by atoms with Crippen molar-refractivity contribution < 1.29 is 32.3 Å². The largest absolute Gasteiger partial charge is 0.490 e. The van der Waals surface area contributed by atoms with Gasteiger partial charge in [0, 0.05) is 30.7 Å². The van der Waals surface area contributed by atoms with Gasteiger partial charge in [0.25, 0.3) is 5.91 Å². The molecule has 11 heteroatoms. The van der Waals surface area contributed by atoms with Gasteiger partial charge in [0.05, 0.1) is 18.6 Å². The fraction of sp³-hybridized carbons (Fsp3) is 0.304. The van der Waals surface area contributed by atoms with Crippen molar-refractivity contribution in [1.29, 1.82) is 0 Å². The van der Waals surface area contributed by atoms with Gasteiger partial charge in [-0.15, -0.1) is 11.3 Å². The van der Waals surface area contributed by atoms with E-state index in [0.29, 0.717) is 6.54 Å². The lowest BCUT2D eigenvalue weighted by molar-refractivity contribution is -0.192. The number of rotatable bonds is 4. The number of carboxylic acid groups (broad SMARTS) is 1. The highest BCUT2D eigenvalue weighted by Crippen LogP contribution is 2.35. The second-order valence-corrected chi connectivity index (χ2v) is 9.10. The molecule has 2 unspecified atom stereocenters. The summed E-state index contributed by atoms with van der Waals surface area (Å²) < 4.78 is 47.1. The Kier molecular flexibility index (Phi) is 6.76. The molecule has 2 aromatic heterocycles. The molecule has 1 saturated heterocycles. The van der Waals surface area contributed by atoms with Crippen LogP contribution in [0.2, 0.25) is 0 Å². The Bertz CT molecular complexity index is 1150. The zero-order valence-electron chi connectivity index (χ0n) is 17.8. The monoisotopic (exact) mass is 495 g/mol. The molecule has 2 atom stereocenters. The third-order valence-electron chi connectivity index (χ3n) is 5.82. The molecule has 1 aromatic carbocycles. The average molecular weight is 495 g/mol. The number of carbonyl (C=O) groups is 2. The minimum absolute atomic E-state index is 0.110. The first kappa shape index (κ1) is 24.0. The van der Waals surface area contributed by atoms with E-state index in [4.69, 9.17) is 9.90 Å². The number of aromatic nitrogens is 1. The molecule has 0 radical (unpaired) electrons. The minimum atomic E-state index is -5.08. The Labute approximate surface area is 196 Å². The lowest BCUT2D eigenvalue weighted by Gasteiger charge is -2.38. The molecule has 2 aliphatic heterocycles.